The zero-order valence-corrected chi connectivity index (χ0v) is 20.6. The molecule has 0 unspecified atom stereocenters. The van der Waals surface area contributed by atoms with E-state index in [9.17, 15) is 4.79 Å². The van der Waals surface area contributed by atoms with Crippen LogP contribution in [0.5, 0.6) is 11.6 Å². The van der Waals surface area contributed by atoms with Crippen LogP contribution in [-0.4, -0.2) is 18.1 Å². The maximum Gasteiger partial charge on any atom is 0.343 e. The van der Waals surface area contributed by atoms with Crippen LogP contribution in [0.2, 0.25) is 5.02 Å². The van der Waals surface area contributed by atoms with Crippen LogP contribution in [0.3, 0.4) is 0 Å². The number of benzene rings is 2. The van der Waals surface area contributed by atoms with Gasteiger partial charge < -0.3 is 14.8 Å². The molecule has 180 valence electrons. The fraction of sp³-hybridized carbons (Fsp3) is 0.379. The van der Waals surface area contributed by atoms with Gasteiger partial charge in [0.05, 0.1) is 17.8 Å². The first-order valence-corrected chi connectivity index (χ1v) is 12.8. The molecule has 0 amide bonds. The Morgan fingerprint density at radius 3 is 2.31 bits per heavy atom. The van der Waals surface area contributed by atoms with Crippen LogP contribution in [0, 0.1) is 17.8 Å². The van der Waals surface area contributed by atoms with E-state index in [2.05, 4.69) is 28.5 Å². The third kappa shape index (κ3) is 4.27. The lowest BCUT2D eigenvalue weighted by atomic mass is 9.48. The minimum atomic E-state index is -0.488. The van der Waals surface area contributed by atoms with E-state index >= 15 is 0 Å². The Balaban J connectivity index is 1.16. The van der Waals surface area contributed by atoms with Gasteiger partial charge in [0.2, 0.25) is 5.88 Å². The Hall–Kier alpha value is -3.05. The Labute approximate surface area is 210 Å². The molecule has 0 saturated heterocycles. The number of hydrogen-bond acceptors (Lipinski definition) is 5. The average molecular weight is 489 g/mol. The number of methoxy groups -OCH3 is 1. The van der Waals surface area contributed by atoms with Gasteiger partial charge in [0.25, 0.3) is 0 Å². The topological polar surface area (TPSA) is 60.5 Å². The summed E-state index contributed by atoms with van der Waals surface area (Å²) in [6.07, 6.45) is 9.89. The molecule has 4 aliphatic carbocycles. The standard InChI is InChI=1S/C29H29ClN2O3/c1-34-28(33)24-3-2-10-31-27(24)35-23-7-5-22(6-8-23)32-26-9-4-21(14-25(26)30)29-15-18-11-19(16-29)13-20(12-18)17-29/h2-10,14,18-20,32H,11-13,15-17H2,1H3. The lowest BCUT2D eigenvalue weighted by Gasteiger charge is -2.57. The average Bonchev–Trinajstić information content (AvgIpc) is 2.85. The maximum absolute atomic E-state index is 12.0. The molecule has 2 aromatic carbocycles. The molecule has 0 spiro atoms. The molecule has 0 atom stereocenters. The molecule has 6 heteroatoms. The Kier molecular flexibility index (Phi) is 5.68. The summed E-state index contributed by atoms with van der Waals surface area (Å²) in [5, 5.41) is 4.18. The van der Waals surface area contributed by atoms with Gasteiger partial charge in [0.15, 0.2) is 0 Å². The summed E-state index contributed by atoms with van der Waals surface area (Å²) in [6.45, 7) is 0. The molecule has 3 aromatic rings. The highest BCUT2D eigenvalue weighted by molar-refractivity contribution is 6.33. The Morgan fingerprint density at radius 1 is 1.00 bits per heavy atom. The number of pyridine rings is 1. The molecule has 5 nitrogen and oxygen atoms in total. The lowest BCUT2D eigenvalue weighted by Crippen LogP contribution is -2.48. The predicted molar refractivity (Wildman–Crippen MR) is 137 cm³/mol. The Bertz CT molecular complexity index is 1220. The number of anilines is 2. The number of esters is 1. The number of carbonyl (C=O) groups is 1. The number of aromatic nitrogens is 1. The maximum atomic E-state index is 12.0. The second-order valence-corrected chi connectivity index (χ2v) is 10.9. The number of halogens is 1. The zero-order valence-electron chi connectivity index (χ0n) is 19.8. The monoisotopic (exact) mass is 488 g/mol. The molecule has 1 aromatic heterocycles. The molecule has 4 saturated carbocycles. The molecule has 35 heavy (non-hydrogen) atoms. The first kappa shape index (κ1) is 22.4. The second kappa shape index (κ2) is 8.87. The molecule has 4 bridgehead atoms. The molecule has 0 aliphatic heterocycles. The normalized spacial score (nSPS) is 26.4. The third-order valence-corrected chi connectivity index (χ3v) is 8.46. The van der Waals surface area contributed by atoms with Crippen molar-refractivity contribution in [3.8, 4) is 11.6 Å². The van der Waals surface area contributed by atoms with Gasteiger partial charge >= 0.3 is 5.97 Å². The van der Waals surface area contributed by atoms with Crippen molar-refractivity contribution in [3.63, 3.8) is 0 Å². The summed E-state index contributed by atoms with van der Waals surface area (Å²) in [6, 6.07) is 17.4. The van der Waals surface area contributed by atoms with Crippen LogP contribution in [0.15, 0.2) is 60.8 Å². The van der Waals surface area contributed by atoms with Gasteiger partial charge in [0, 0.05) is 11.9 Å². The summed E-state index contributed by atoms with van der Waals surface area (Å²) in [7, 11) is 1.33. The van der Waals surface area contributed by atoms with Crippen molar-refractivity contribution >= 4 is 28.9 Å². The number of nitrogens with one attached hydrogen (secondary N) is 1. The van der Waals surface area contributed by atoms with Gasteiger partial charge in [-0.25, -0.2) is 9.78 Å². The van der Waals surface area contributed by atoms with Gasteiger partial charge in [-0.1, -0.05) is 17.7 Å². The number of nitrogens with zero attached hydrogens (tertiary/aromatic N) is 1. The van der Waals surface area contributed by atoms with Crippen molar-refractivity contribution in [1.29, 1.82) is 0 Å². The first-order chi connectivity index (χ1) is 17.0. The minimum absolute atomic E-state index is 0.211. The fourth-order valence-electron chi connectivity index (χ4n) is 7.02. The largest absolute Gasteiger partial charge is 0.465 e. The van der Waals surface area contributed by atoms with Gasteiger partial charge in [-0.3, -0.25) is 0 Å². The number of hydrogen-bond donors (Lipinski definition) is 1. The van der Waals surface area contributed by atoms with E-state index in [4.69, 9.17) is 21.1 Å². The molecule has 4 fully saturated rings. The smallest absolute Gasteiger partial charge is 0.343 e. The molecule has 0 radical (unpaired) electrons. The van der Waals surface area contributed by atoms with Gasteiger partial charge in [-0.15, -0.1) is 0 Å². The van der Waals surface area contributed by atoms with Gasteiger partial charge in [-0.05, 0) is 116 Å². The molecule has 7 rings (SSSR count). The lowest BCUT2D eigenvalue weighted by molar-refractivity contribution is -0.00518. The van der Waals surface area contributed by atoms with Gasteiger partial charge in [-0.2, -0.15) is 0 Å². The Morgan fingerprint density at radius 2 is 1.69 bits per heavy atom. The summed E-state index contributed by atoms with van der Waals surface area (Å²) in [5.41, 5.74) is 3.84. The summed E-state index contributed by atoms with van der Waals surface area (Å²) in [4.78, 5) is 16.1. The molecular weight excluding hydrogens is 460 g/mol. The van der Waals surface area contributed by atoms with Gasteiger partial charge in [0.1, 0.15) is 11.3 Å². The van der Waals surface area contributed by atoms with Crippen LogP contribution in [-0.2, 0) is 10.2 Å². The molecular formula is C29H29ClN2O3. The SMILES string of the molecule is COC(=O)c1cccnc1Oc1ccc(Nc2ccc(C34CC5CC(CC(C5)C3)C4)cc2Cl)cc1. The number of rotatable bonds is 6. The molecule has 1 N–H and O–H groups in total. The van der Waals surface area contributed by atoms with Crippen LogP contribution in [0.1, 0.15) is 54.4 Å². The van der Waals surface area contributed by atoms with Crippen LogP contribution in [0.4, 0.5) is 11.4 Å². The van der Waals surface area contributed by atoms with Crippen molar-refractivity contribution in [3.05, 3.63) is 76.9 Å². The minimum Gasteiger partial charge on any atom is -0.465 e. The van der Waals surface area contributed by atoms with E-state index in [-0.39, 0.29) is 11.4 Å². The quantitative estimate of drug-likeness (QED) is 0.363. The van der Waals surface area contributed by atoms with Crippen LogP contribution < -0.4 is 10.1 Å². The first-order valence-electron chi connectivity index (χ1n) is 12.4. The van der Waals surface area contributed by atoms with E-state index in [0.29, 0.717) is 11.2 Å². The summed E-state index contributed by atoms with van der Waals surface area (Å²) >= 11 is 6.78. The summed E-state index contributed by atoms with van der Waals surface area (Å²) < 4.78 is 10.6. The highest BCUT2D eigenvalue weighted by atomic mass is 35.5. The fourth-order valence-corrected chi connectivity index (χ4v) is 7.25. The highest BCUT2D eigenvalue weighted by Crippen LogP contribution is 2.61. The molecule has 1 heterocycles. The third-order valence-electron chi connectivity index (χ3n) is 8.14. The van der Waals surface area contributed by atoms with Crippen molar-refractivity contribution in [2.45, 2.75) is 43.9 Å². The van der Waals surface area contributed by atoms with Crippen molar-refractivity contribution in [2.75, 3.05) is 12.4 Å². The number of carbonyl (C=O) groups excluding carboxylic acids is 1. The van der Waals surface area contributed by atoms with E-state index in [0.717, 1.165) is 34.2 Å². The van der Waals surface area contributed by atoms with Crippen LogP contribution >= 0.6 is 11.6 Å². The van der Waals surface area contributed by atoms with Crippen molar-refractivity contribution in [1.82, 2.24) is 4.98 Å². The second-order valence-electron chi connectivity index (χ2n) is 10.5. The van der Waals surface area contributed by atoms with E-state index in [1.807, 2.05) is 24.3 Å². The van der Waals surface area contributed by atoms with E-state index < -0.39 is 5.97 Å². The number of ether oxygens (including phenoxy) is 2. The molecule has 4 aliphatic rings. The van der Waals surface area contributed by atoms with Crippen LogP contribution in [0.25, 0.3) is 0 Å². The van der Waals surface area contributed by atoms with Crippen molar-refractivity contribution < 1.29 is 14.3 Å². The van der Waals surface area contributed by atoms with E-state index in [1.54, 1.807) is 18.3 Å². The van der Waals surface area contributed by atoms with Crippen molar-refractivity contribution in [2.24, 2.45) is 17.8 Å². The highest BCUT2D eigenvalue weighted by Gasteiger charge is 2.51. The summed E-state index contributed by atoms with van der Waals surface area (Å²) in [5.74, 6) is 3.03. The zero-order chi connectivity index (χ0) is 24.0. The predicted octanol–water partition coefficient (Wildman–Crippen LogP) is 7.53. The van der Waals surface area contributed by atoms with E-state index in [1.165, 1.54) is 51.2 Å².